The fourth-order valence-electron chi connectivity index (χ4n) is 2.06. The zero-order chi connectivity index (χ0) is 14.3. The predicted molar refractivity (Wildman–Crippen MR) is 76.7 cm³/mol. The van der Waals surface area contributed by atoms with Gasteiger partial charge < -0.3 is 15.8 Å². The van der Waals surface area contributed by atoms with E-state index in [4.69, 9.17) is 10.5 Å². The van der Waals surface area contributed by atoms with Gasteiger partial charge in [-0.15, -0.1) is 0 Å². The second kappa shape index (κ2) is 7.26. The van der Waals surface area contributed by atoms with E-state index in [1.54, 1.807) is 7.05 Å². The van der Waals surface area contributed by atoms with Crippen LogP contribution in [-0.2, 0) is 15.1 Å². The molecule has 1 rings (SSSR count). The van der Waals surface area contributed by atoms with Crippen molar-refractivity contribution in [2.45, 2.75) is 38.3 Å². The number of carbonyl (C=O) groups is 1. The minimum atomic E-state index is -0.866. The summed E-state index contributed by atoms with van der Waals surface area (Å²) in [5.74, 6) is -0.381. The van der Waals surface area contributed by atoms with Crippen molar-refractivity contribution in [1.29, 1.82) is 0 Å². The first kappa shape index (κ1) is 15.7. The highest BCUT2D eigenvalue weighted by molar-refractivity contribution is 5.86. The van der Waals surface area contributed by atoms with Crippen LogP contribution in [0.3, 0.4) is 0 Å². The standard InChI is InChI=1S/C15H24N2O2/c1-4-12(2)19-11-10-15(17-3,14(16)18)13-8-6-5-7-9-13/h5-9,12,17H,4,10-11H2,1-3H3,(H2,16,18). The number of primary amides is 1. The van der Waals surface area contributed by atoms with Gasteiger partial charge in [-0.2, -0.15) is 0 Å². The van der Waals surface area contributed by atoms with E-state index in [2.05, 4.69) is 12.2 Å². The summed E-state index contributed by atoms with van der Waals surface area (Å²) in [5, 5.41) is 3.07. The minimum absolute atomic E-state index is 0.193. The summed E-state index contributed by atoms with van der Waals surface area (Å²) < 4.78 is 5.67. The van der Waals surface area contributed by atoms with Crippen LogP contribution >= 0.6 is 0 Å². The zero-order valence-corrected chi connectivity index (χ0v) is 12.0. The van der Waals surface area contributed by atoms with E-state index in [1.165, 1.54) is 0 Å². The van der Waals surface area contributed by atoms with Crippen LogP contribution in [0.1, 0.15) is 32.3 Å². The molecule has 106 valence electrons. The topological polar surface area (TPSA) is 64.3 Å². The Kier molecular flexibility index (Phi) is 5.99. The van der Waals surface area contributed by atoms with Gasteiger partial charge in [0.05, 0.1) is 6.10 Å². The molecule has 4 heteroatoms. The molecular weight excluding hydrogens is 240 g/mol. The molecule has 0 heterocycles. The lowest BCUT2D eigenvalue weighted by Crippen LogP contribution is -2.52. The first-order valence-corrected chi connectivity index (χ1v) is 6.72. The highest BCUT2D eigenvalue weighted by atomic mass is 16.5. The number of hydrogen-bond donors (Lipinski definition) is 2. The smallest absolute Gasteiger partial charge is 0.242 e. The van der Waals surface area contributed by atoms with Crippen molar-refractivity contribution in [2.24, 2.45) is 5.73 Å². The van der Waals surface area contributed by atoms with Gasteiger partial charge >= 0.3 is 0 Å². The monoisotopic (exact) mass is 264 g/mol. The molecule has 2 atom stereocenters. The van der Waals surface area contributed by atoms with Crippen molar-refractivity contribution in [3.05, 3.63) is 35.9 Å². The van der Waals surface area contributed by atoms with Gasteiger partial charge in [0.25, 0.3) is 0 Å². The molecule has 0 aromatic heterocycles. The maximum absolute atomic E-state index is 11.9. The quantitative estimate of drug-likeness (QED) is 0.752. The maximum Gasteiger partial charge on any atom is 0.242 e. The Labute approximate surface area is 115 Å². The summed E-state index contributed by atoms with van der Waals surface area (Å²) in [7, 11) is 1.75. The highest BCUT2D eigenvalue weighted by Crippen LogP contribution is 2.24. The number of ether oxygens (including phenoxy) is 1. The predicted octanol–water partition coefficient (Wildman–Crippen LogP) is 1.79. The second-order valence-corrected chi connectivity index (χ2v) is 4.73. The number of likely N-dealkylation sites (N-methyl/N-ethyl adjacent to an activating group) is 1. The normalized spacial score (nSPS) is 15.7. The summed E-state index contributed by atoms with van der Waals surface area (Å²) in [6.07, 6.45) is 1.67. The SMILES string of the molecule is CCC(C)OCCC(NC)(C(N)=O)c1ccccc1. The van der Waals surface area contributed by atoms with Gasteiger partial charge in [-0.05, 0) is 26.0 Å². The lowest BCUT2D eigenvalue weighted by molar-refractivity contribution is -0.125. The average molecular weight is 264 g/mol. The third-order valence-corrected chi connectivity index (χ3v) is 3.57. The largest absolute Gasteiger partial charge is 0.378 e. The molecule has 0 aliphatic rings. The maximum atomic E-state index is 11.9. The van der Waals surface area contributed by atoms with Crippen LogP contribution in [0.4, 0.5) is 0 Å². The van der Waals surface area contributed by atoms with Gasteiger partial charge in [-0.25, -0.2) is 0 Å². The van der Waals surface area contributed by atoms with Crippen molar-refractivity contribution in [1.82, 2.24) is 5.32 Å². The second-order valence-electron chi connectivity index (χ2n) is 4.73. The molecule has 0 aliphatic heterocycles. The van der Waals surface area contributed by atoms with Gasteiger partial charge in [-0.1, -0.05) is 37.3 Å². The van der Waals surface area contributed by atoms with Gasteiger partial charge in [0.2, 0.25) is 5.91 Å². The Hall–Kier alpha value is -1.39. The Bertz CT molecular complexity index is 394. The molecule has 2 unspecified atom stereocenters. The first-order valence-electron chi connectivity index (χ1n) is 6.72. The molecule has 1 aromatic carbocycles. The molecule has 4 nitrogen and oxygen atoms in total. The molecular formula is C15H24N2O2. The third kappa shape index (κ3) is 3.78. The number of amides is 1. The van der Waals surface area contributed by atoms with Crippen molar-refractivity contribution >= 4 is 5.91 Å². The fourth-order valence-corrected chi connectivity index (χ4v) is 2.06. The van der Waals surface area contributed by atoms with Crippen molar-refractivity contribution in [2.75, 3.05) is 13.7 Å². The molecule has 0 bridgehead atoms. The number of carbonyl (C=O) groups excluding carboxylic acids is 1. The summed E-state index contributed by atoms with van der Waals surface area (Å²) in [4.78, 5) is 11.9. The van der Waals surface area contributed by atoms with Crippen molar-refractivity contribution in [3.63, 3.8) is 0 Å². The Morgan fingerprint density at radius 3 is 2.53 bits per heavy atom. The molecule has 0 fully saturated rings. The average Bonchev–Trinajstić information content (AvgIpc) is 2.44. The minimum Gasteiger partial charge on any atom is -0.378 e. The summed E-state index contributed by atoms with van der Waals surface area (Å²) in [6.45, 7) is 4.59. The number of rotatable bonds is 8. The highest BCUT2D eigenvalue weighted by Gasteiger charge is 2.36. The molecule has 1 amide bonds. The van der Waals surface area contributed by atoms with Gasteiger partial charge in [-0.3, -0.25) is 4.79 Å². The molecule has 1 aromatic rings. The van der Waals surface area contributed by atoms with Crippen molar-refractivity contribution in [3.8, 4) is 0 Å². The van der Waals surface area contributed by atoms with E-state index < -0.39 is 5.54 Å². The molecule has 0 radical (unpaired) electrons. The molecule has 3 N–H and O–H groups in total. The lowest BCUT2D eigenvalue weighted by atomic mass is 9.86. The number of nitrogens with two attached hydrogens (primary N) is 1. The van der Waals surface area contributed by atoms with Crippen LogP contribution in [0, 0.1) is 0 Å². The van der Waals surface area contributed by atoms with Crippen LogP contribution in [0.2, 0.25) is 0 Å². The van der Waals surface area contributed by atoms with Crippen LogP contribution in [0.15, 0.2) is 30.3 Å². The van der Waals surface area contributed by atoms with Crippen LogP contribution in [-0.4, -0.2) is 25.7 Å². The van der Waals surface area contributed by atoms with Crippen LogP contribution < -0.4 is 11.1 Å². The van der Waals surface area contributed by atoms with E-state index >= 15 is 0 Å². The van der Waals surface area contributed by atoms with Gasteiger partial charge in [0.1, 0.15) is 5.54 Å². The molecule has 19 heavy (non-hydrogen) atoms. The summed E-state index contributed by atoms with van der Waals surface area (Å²) in [6, 6.07) is 9.54. The molecule has 0 aliphatic carbocycles. The Morgan fingerprint density at radius 2 is 2.05 bits per heavy atom. The number of nitrogens with one attached hydrogen (secondary N) is 1. The zero-order valence-electron chi connectivity index (χ0n) is 12.0. The van der Waals surface area contributed by atoms with Gasteiger partial charge in [0, 0.05) is 13.0 Å². The van der Waals surface area contributed by atoms with E-state index in [1.807, 2.05) is 37.3 Å². The van der Waals surface area contributed by atoms with E-state index in [0.717, 1.165) is 12.0 Å². The molecule has 0 saturated heterocycles. The Morgan fingerprint density at radius 1 is 1.42 bits per heavy atom. The first-order chi connectivity index (χ1) is 9.06. The van der Waals surface area contributed by atoms with Crippen LogP contribution in [0.5, 0.6) is 0 Å². The molecule has 0 spiro atoms. The van der Waals surface area contributed by atoms with Crippen LogP contribution in [0.25, 0.3) is 0 Å². The van der Waals surface area contributed by atoms with E-state index in [9.17, 15) is 4.79 Å². The lowest BCUT2D eigenvalue weighted by Gasteiger charge is -2.31. The summed E-state index contributed by atoms with van der Waals surface area (Å²) >= 11 is 0. The van der Waals surface area contributed by atoms with E-state index in [-0.39, 0.29) is 12.0 Å². The Balaban J connectivity index is 2.85. The fraction of sp³-hybridized carbons (Fsp3) is 0.533. The van der Waals surface area contributed by atoms with Crippen molar-refractivity contribution < 1.29 is 9.53 Å². The summed E-state index contributed by atoms with van der Waals surface area (Å²) in [5.41, 5.74) is 5.61. The third-order valence-electron chi connectivity index (χ3n) is 3.57. The number of hydrogen-bond acceptors (Lipinski definition) is 3. The van der Waals surface area contributed by atoms with E-state index in [0.29, 0.717) is 13.0 Å². The molecule has 0 saturated carbocycles. The van der Waals surface area contributed by atoms with Gasteiger partial charge in [0.15, 0.2) is 0 Å². The number of benzene rings is 1.